The van der Waals surface area contributed by atoms with Crippen LogP contribution < -0.4 is 0 Å². The van der Waals surface area contributed by atoms with Gasteiger partial charge in [0.1, 0.15) is 9.75 Å². The number of nitrogens with zero attached hydrogens (tertiary/aromatic N) is 4. The lowest BCUT2D eigenvalue weighted by Crippen LogP contribution is -2.58. The summed E-state index contributed by atoms with van der Waals surface area (Å²) in [5, 5.41) is 3.43. The number of hydrogen-bond donors (Lipinski definition) is 0. The molecule has 0 radical (unpaired) electrons. The van der Waals surface area contributed by atoms with E-state index in [1.807, 2.05) is 0 Å². The number of piperazine rings is 2. The van der Waals surface area contributed by atoms with E-state index < -0.39 is 49.0 Å². The second kappa shape index (κ2) is 11.5. The van der Waals surface area contributed by atoms with E-state index in [9.17, 15) is 28.8 Å². The summed E-state index contributed by atoms with van der Waals surface area (Å²) in [6, 6.07) is 6.56. The van der Waals surface area contributed by atoms with E-state index in [1.165, 1.54) is 22.7 Å². The Kier molecular flexibility index (Phi) is 8.20. The number of rotatable bonds is 9. The van der Waals surface area contributed by atoms with Gasteiger partial charge in [-0.25, -0.2) is 19.4 Å². The molecule has 36 heavy (non-hydrogen) atoms. The highest BCUT2D eigenvalue weighted by molar-refractivity contribution is 7.12. The minimum absolute atomic E-state index is 0.0666. The highest BCUT2D eigenvalue weighted by Gasteiger charge is 2.34. The Morgan fingerprint density at radius 1 is 0.667 bits per heavy atom. The first kappa shape index (κ1) is 25.6. The lowest BCUT2D eigenvalue weighted by atomic mass is 10.2. The molecule has 14 heteroatoms. The minimum Gasteiger partial charge on any atom is -0.440 e. The molecule has 12 nitrogen and oxygen atoms in total. The molecule has 0 bridgehead atoms. The average molecular weight is 535 g/mol. The maximum Gasteiger partial charge on any atom is 0.350 e. The zero-order valence-electron chi connectivity index (χ0n) is 19.0. The van der Waals surface area contributed by atoms with Crippen LogP contribution in [0.3, 0.4) is 0 Å². The number of imide groups is 2. The van der Waals surface area contributed by atoms with Gasteiger partial charge in [-0.3, -0.25) is 29.0 Å². The van der Waals surface area contributed by atoms with Crippen LogP contribution in [0, 0.1) is 0 Å². The van der Waals surface area contributed by atoms with E-state index in [0.29, 0.717) is 9.75 Å². The maximum atomic E-state index is 12.4. The zero-order chi connectivity index (χ0) is 25.7. The Hall–Kier alpha value is -3.46. The monoisotopic (exact) mass is 534 g/mol. The van der Waals surface area contributed by atoms with E-state index in [2.05, 4.69) is 0 Å². The van der Waals surface area contributed by atoms with Crippen molar-refractivity contribution in [3.05, 3.63) is 44.8 Å². The predicted octanol–water partition coefficient (Wildman–Crippen LogP) is 0.0800. The summed E-state index contributed by atoms with van der Waals surface area (Å²) in [7, 11) is 0. The minimum atomic E-state index is -0.609. The van der Waals surface area contributed by atoms with Crippen molar-refractivity contribution in [2.75, 3.05) is 52.7 Å². The summed E-state index contributed by atoms with van der Waals surface area (Å²) in [6.07, 6.45) is 0. The van der Waals surface area contributed by atoms with E-state index in [0.717, 1.165) is 9.80 Å². The van der Waals surface area contributed by atoms with E-state index in [1.54, 1.807) is 44.8 Å². The average Bonchev–Trinajstić information content (AvgIpc) is 3.56. The van der Waals surface area contributed by atoms with Crippen molar-refractivity contribution in [1.29, 1.82) is 0 Å². The standard InChI is InChI=1S/C22H22N4O8S2/c27-17-9-23(10-18(28)25(17)13-33-21(31)15-3-1-7-35-15)5-6-24-11-19(29)26(20(30)12-24)14-34-22(32)16-4-2-8-36-16/h1-4,7-8H,5-6,9-14H2. The quantitative estimate of drug-likeness (QED) is 0.322. The number of carbonyl (C=O) groups excluding carboxylic acids is 6. The fraction of sp³-hybridized carbons (Fsp3) is 0.364. The molecule has 0 saturated carbocycles. The van der Waals surface area contributed by atoms with Crippen molar-refractivity contribution in [2.45, 2.75) is 0 Å². The number of hydrogen-bond acceptors (Lipinski definition) is 12. The lowest BCUT2D eigenvalue weighted by Gasteiger charge is -2.35. The van der Waals surface area contributed by atoms with Gasteiger partial charge in [-0.15, -0.1) is 22.7 Å². The number of thiophene rings is 2. The van der Waals surface area contributed by atoms with E-state index in [-0.39, 0.29) is 39.3 Å². The maximum absolute atomic E-state index is 12.4. The Labute approximate surface area is 213 Å². The SMILES string of the molecule is O=C(OCN1C(=O)CN(CCN2CC(=O)N(COC(=O)c3cccs3)C(=O)C2)CC1=O)c1cccs1. The number of carbonyl (C=O) groups is 6. The Morgan fingerprint density at radius 2 is 1.03 bits per heavy atom. The first-order chi connectivity index (χ1) is 17.3. The van der Waals surface area contributed by atoms with Crippen LogP contribution >= 0.6 is 22.7 Å². The van der Waals surface area contributed by atoms with Crippen molar-refractivity contribution in [1.82, 2.24) is 19.6 Å². The molecule has 0 N–H and O–H groups in total. The summed E-state index contributed by atoms with van der Waals surface area (Å²) < 4.78 is 10.1. The summed E-state index contributed by atoms with van der Waals surface area (Å²) in [4.78, 5) is 79.4. The van der Waals surface area contributed by atoms with Gasteiger partial charge in [-0.1, -0.05) is 12.1 Å². The smallest absolute Gasteiger partial charge is 0.350 e. The molecule has 4 rings (SSSR count). The van der Waals surface area contributed by atoms with Crippen LogP contribution in [-0.2, 0) is 28.7 Å². The van der Waals surface area contributed by atoms with Crippen LogP contribution in [0.15, 0.2) is 35.0 Å². The second-order valence-corrected chi connectivity index (χ2v) is 9.82. The van der Waals surface area contributed by atoms with Gasteiger partial charge >= 0.3 is 11.9 Å². The fourth-order valence-corrected chi connectivity index (χ4v) is 4.79. The van der Waals surface area contributed by atoms with Gasteiger partial charge in [0.15, 0.2) is 13.5 Å². The predicted molar refractivity (Wildman–Crippen MR) is 126 cm³/mol. The van der Waals surface area contributed by atoms with Crippen molar-refractivity contribution in [3.63, 3.8) is 0 Å². The molecule has 190 valence electrons. The molecule has 2 aromatic heterocycles. The lowest BCUT2D eigenvalue weighted by molar-refractivity contribution is -0.159. The van der Waals surface area contributed by atoms with Crippen LogP contribution in [-0.4, -0.2) is 108 Å². The molecule has 2 aliphatic rings. The van der Waals surface area contributed by atoms with Crippen molar-refractivity contribution in [2.24, 2.45) is 0 Å². The Bertz CT molecular complexity index is 1020. The van der Waals surface area contributed by atoms with Gasteiger partial charge < -0.3 is 9.47 Å². The van der Waals surface area contributed by atoms with Gasteiger partial charge in [-0.2, -0.15) is 0 Å². The van der Waals surface area contributed by atoms with Crippen LogP contribution in [0.2, 0.25) is 0 Å². The fourth-order valence-electron chi connectivity index (χ4n) is 3.56. The normalized spacial score (nSPS) is 17.6. The molecule has 2 aliphatic heterocycles. The summed E-state index contributed by atoms with van der Waals surface area (Å²) >= 11 is 2.39. The third-order valence-electron chi connectivity index (χ3n) is 5.47. The van der Waals surface area contributed by atoms with Crippen molar-refractivity contribution < 1.29 is 38.2 Å². The molecule has 2 saturated heterocycles. The van der Waals surface area contributed by atoms with Crippen molar-refractivity contribution in [3.8, 4) is 0 Å². The largest absolute Gasteiger partial charge is 0.440 e. The summed E-state index contributed by atoms with van der Waals surface area (Å²) in [5.41, 5.74) is 0. The molecule has 2 aromatic rings. The number of esters is 2. The third kappa shape index (κ3) is 6.20. The molecule has 0 spiro atoms. The molecule has 4 heterocycles. The van der Waals surface area contributed by atoms with Crippen LogP contribution in [0.4, 0.5) is 0 Å². The number of amides is 4. The molecule has 0 aromatic carbocycles. The van der Waals surface area contributed by atoms with Gasteiger partial charge in [0.2, 0.25) is 23.6 Å². The molecule has 4 amide bonds. The van der Waals surface area contributed by atoms with E-state index >= 15 is 0 Å². The first-order valence-corrected chi connectivity index (χ1v) is 12.6. The third-order valence-corrected chi connectivity index (χ3v) is 7.17. The molecule has 0 atom stereocenters. The molecule has 0 aliphatic carbocycles. The van der Waals surface area contributed by atoms with Gasteiger partial charge in [0.05, 0.1) is 26.2 Å². The molecular formula is C22H22N4O8S2. The molecule has 0 unspecified atom stereocenters. The molecular weight excluding hydrogens is 512 g/mol. The Balaban J connectivity index is 1.20. The highest BCUT2D eigenvalue weighted by Crippen LogP contribution is 2.13. The summed E-state index contributed by atoms with van der Waals surface area (Å²) in [6.45, 7) is -0.631. The van der Waals surface area contributed by atoms with Crippen molar-refractivity contribution >= 4 is 58.2 Å². The van der Waals surface area contributed by atoms with Gasteiger partial charge in [-0.05, 0) is 22.9 Å². The topological polar surface area (TPSA) is 134 Å². The number of ether oxygens (including phenoxy) is 2. The summed E-state index contributed by atoms with van der Waals surface area (Å²) in [5.74, 6) is -3.24. The first-order valence-electron chi connectivity index (χ1n) is 10.8. The van der Waals surface area contributed by atoms with Crippen LogP contribution in [0.5, 0.6) is 0 Å². The van der Waals surface area contributed by atoms with Gasteiger partial charge in [0.25, 0.3) is 0 Å². The van der Waals surface area contributed by atoms with E-state index in [4.69, 9.17) is 9.47 Å². The highest BCUT2D eigenvalue weighted by atomic mass is 32.1. The zero-order valence-corrected chi connectivity index (χ0v) is 20.6. The van der Waals surface area contributed by atoms with Crippen LogP contribution in [0.1, 0.15) is 19.3 Å². The Morgan fingerprint density at radius 3 is 1.33 bits per heavy atom. The van der Waals surface area contributed by atoms with Crippen LogP contribution in [0.25, 0.3) is 0 Å². The van der Waals surface area contributed by atoms with Gasteiger partial charge in [0, 0.05) is 13.1 Å². The molecule has 2 fully saturated rings. The second-order valence-electron chi connectivity index (χ2n) is 7.93.